The molecule has 0 aromatic heterocycles. The lowest BCUT2D eigenvalue weighted by Crippen LogP contribution is -2.18. The smallest absolute Gasteiger partial charge is 0.308 e. The fourth-order valence-electron chi connectivity index (χ4n) is 1.63. The Labute approximate surface area is 111 Å². The van der Waals surface area contributed by atoms with E-state index >= 15 is 0 Å². The van der Waals surface area contributed by atoms with Crippen LogP contribution in [-0.4, -0.2) is 28.9 Å². The van der Waals surface area contributed by atoms with Crippen molar-refractivity contribution in [2.24, 2.45) is 0 Å². The van der Waals surface area contributed by atoms with Gasteiger partial charge < -0.3 is 14.9 Å². The first-order valence-electron chi connectivity index (χ1n) is 5.80. The zero-order valence-corrected chi connectivity index (χ0v) is 10.9. The fourth-order valence-corrected chi connectivity index (χ4v) is 1.89. The Balaban J connectivity index is 2.52. The molecule has 0 aliphatic heterocycles. The maximum Gasteiger partial charge on any atom is 0.308 e. The number of ether oxygens (including phenoxy) is 1. The Morgan fingerprint density at radius 2 is 2.06 bits per heavy atom. The van der Waals surface area contributed by atoms with E-state index in [1.54, 1.807) is 31.2 Å². The van der Waals surface area contributed by atoms with Crippen molar-refractivity contribution in [1.82, 2.24) is 0 Å². The third-order valence-corrected chi connectivity index (χ3v) is 2.81. The van der Waals surface area contributed by atoms with Gasteiger partial charge in [0.1, 0.15) is 0 Å². The summed E-state index contributed by atoms with van der Waals surface area (Å²) in [7, 11) is 0. The molecule has 0 radical (unpaired) electrons. The molecule has 2 atom stereocenters. The number of benzene rings is 1. The number of carbonyl (C=O) groups excluding carboxylic acids is 1. The number of hydrogen-bond acceptors (Lipinski definition) is 4. The minimum atomic E-state index is -0.949. The predicted octanol–water partition coefficient (Wildman–Crippen LogP) is 2.08. The van der Waals surface area contributed by atoms with Crippen LogP contribution in [0.1, 0.15) is 31.4 Å². The van der Waals surface area contributed by atoms with E-state index in [9.17, 15) is 15.0 Å². The molecule has 100 valence electrons. The van der Waals surface area contributed by atoms with Crippen molar-refractivity contribution >= 4 is 17.6 Å². The van der Waals surface area contributed by atoms with Gasteiger partial charge in [-0.25, -0.2) is 0 Å². The van der Waals surface area contributed by atoms with Crippen molar-refractivity contribution < 1.29 is 19.7 Å². The molecule has 1 aromatic carbocycles. The SMILES string of the molecule is CCOC(=O)C[C@H](O)C[C@@H](O)c1ccccc1Cl. The van der Waals surface area contributed by atoms with Crippen molar-refractivity contribution in [1.29, 1.82) is 0 Å². The minimum absolute atomic E-state index is 0.0442. The van der Waals surface area contributed by atoms with Gasteiger partial charge in [-0.1, -0.05) is 29.8 Å². The molecule has 5 heteroatoms. The molecule has 0 saturated carbocycles. The van der Waals surface area contributed by atoms with Crippen molar-refractivity contribution in [2.75, 3.05) is 6.61 Å². The molecule has 2 N–H and O–H groups in total. The number of aliphatic hydroxyl groups is 2. The van der Waals surface area contributed by atoms with Crippen molar-refractivity contribution in [2.45, 2.75) is 32.0 Å². The van der Waals surface area contributed by atoms with Gasteiger partial charge in [0.05, 0.1) is 25.2 Å². The monoisotopic (exact) mass is 272 g/mol. The first-order valence-corrected chi connectivity index (χ1v) is 6.18. The van der Waals surface area contributed by atoms with Crippen LogP contribution >= 0.6 is 11.6 Å². The minimum Gasteiger partial charge on any atom is -0.466 e. The molecule has 0 spiro atoms. The maximum atomic E-state index is 11.1. The summed E-state index contributed by atoms with van der Waals surface area (Å²) in [6, 6.07) is 6.86. The molecule has 0 aliphatic carbocycles. The van der Waals surface area contributed by atoms with Crippen LogP contribution in [0, 0.1) is 0 Å². The normalized spacial score (nSPS) is 14.0. The highest BCUT2D eigenvalue weighted by Crippen LogP contribution is 2.26. The van der Waals surface area contributed by atoms with Crippen LogP contribution in [0.2, 0.25) is 5.02 Å². The number of esters is 1. The number of rotatable bonds is 6. The van der Waals surface area contributed by atoms with Crippen LogP contribution in [0.15, 0.2) is 24.3 Å². The Kier molecular flexibility index (Phi) is 6.12. The van der Waals surface area contributed by atoms with E-state index in [0.29, 0.717) is 10.6 Å². The van der Waals surface area contributed by atoms with E-state index < -0.39 is 18.2 Å². The molecule has 0 unspecified atom stereocenters. The van der Waals surface area contributed by atoms with Crippen LogP contribution in [0.5, 0.6) is 0 Å². The zero-order chi connectivity index (χ0) is 13.5. The van der Waals surface area contributed by atoms with Crippen LogP contribution in [0.25, 0.3) is 0 Å². The van der Waals surface area contributed by atoms with E-state index in [0.717, 1.165) is 0 Å². The van der Waals surface area contributed by atoms with Gasteiger partial charge in [-0.2, -0.15) is 0 Å². The van der Waals surface area contributed by atoms with Gasteiger partial charge in [0.25, 0.3) is 0 Å². The Morgan fingerprint density at radius 3 is 2.67 bits per heavy atom. The fraction of sp³-hybridized carbons (Fsp3) is 0.462. The molecule has 0 aliphatic rings. The Hall–Kier alpha value is -1.10. The second-order valence-corrected chi connectivity index (χ2v) is 4.34. The van der Waals surface area contributed by atoms with Crippen LogP contribution in [-0.2, 0) is 9.53 Å². The highest BCUT2D eigenvalue weighted by Gasteiger charge is 2.18. The maximum absolute atomic E-state index is 11.1. The van der Waals surface area contributed by atoms with Crippen LogP contribution in [0.4, 0.5) is 0 Å². The third-order valence-electron chi connectivity index (χ3n) is 2.47. The van der Waals surface area contributed by atoms with Gasteiger partial charge in [-0.15, -0.1) is 0 Å². The molecule has 4 nitrogen and oxygen atoms in total. The van der Waals surface area contributed by atoms with Crippen LogP contribution < -0.4 is 0 Å². The van der Waals surface area contributed by atoms with Crippen molar-refractivity contribution in [3.05, 3.63) is 34.9 Å². The summed E-state index contributed by atoms with van der Waals surface area (Å²) in [4.78, 5) is 11.1. The van der Waals surface area contributed by atoms with E-state index in [4.69, 9.17) is 16.3 Å². The van der Waals surface area contributed by atoms with E-state index in [1.807, 2.05) is 0 Å². The first-order chi connectivity index (χ1) is 8.54. The summed E-state index contributed by atoms with van der Waals surface area (Å²) in [5, 5.41) is 20.0. The van der Waals surface area contributed by atoms with E-state index in [1.165, 1.54) is 0 Å². The number of carbonyl (C=O) groups is 1. The molecule has 18 heavy (non-hydrogen) atoms. The molecule has 0 fully saturated rings. The quantitative estimate of drug-likeness (QED) is 0.778. The van der Waals surface area contributed by atoms with Gasteiger partial charge in [-0.3, -0.25) is 4.79 Å². The van der Waals surface area contributed by atoms with Gasteiger partial charge in [0.15, 0.2) is 0 Å². The molecule has 0 heterocycles. The van der Waals surface area contributed by atoms with Gasteiger partial charge in [-0.05, 0) is 18.6 Å². The Bertz CT molecular complexity index is 394. The summed E-state index contributed by atoms with van der Waals surface area (Å²) in [5.41, 5.74) is 0.544. The second-order valence-electron chi connectivity index (χ2n) is 3.94. The largest absolute Gasteiger partial charge is 0.466 e. The zero-order valence-electron chi connectivity index (χ0n) is 10.2. The molecule has 1 rings (SSSR count). The molecule has 1 aromatic rings. The average molecular weight is 273 g/mol. The Morgan fingerprint density at radius 1 is 1.39 bits per heavy atom. The summed E-state index contributed by atoms with van der Waals surface area (Å²) >= 11 is 5.92. The molecule has 0 amide bonds. The lowest BCUT2D eigenvalue weighted by Gasteiger charge is -2.16. The lowest BCUT2D eigenvalue weighted by atomic mass is 10.0. The molecule has 0 bridgehead atoms. The van der Waals surface area contributed by atoms with Crippen LogP contribution in [0.3, 0.4) is 0 Å². The van der Waals surface area contributed by atoms with Crippen molar-refractivity contribution in [3.63, 3.8) is 0 Å². The number of aliphatic hydroxyl groups excluding tert-OH is 2. The lowest BCUT2D eigenvalue weighted by molar-refractivity contribution is -0.145. The van der Waals surface area contributed by atoms with Gasteiger partial charge in [0.2, 0.25) is 0 Å². The number of halogens is 1. The van der Waals surface area contributed by atoms with Gasteiger partial charge in [0, 0.05) is 11.4 Å². The molecular weight excluding hydrogens is 256 g/mol. The number of hydrogen-bond donors (Lipinski definition) is 2. The summed E-state index contributed by atoms with van der Waals surface area (Å²) in [5.74, 6) is -0.476. The molecular formula is C13H17ClO4. The second kappa shape index (κ2) is 7.36. The summed E-state index contributed by atoms with van der Waals surface area (Å²) < 4.78 is 4.72. The topological polar surface area (TPSA) is 66.8 Å². The molecule has 0 saturated heterocycles. The highest BCUT2D eigenvalue weighted by molar-refractivity contribution is 6.31. The standard InChI is InChI=1S/C13H17ClO4/c1-2-18-13(17)8-9(15)7-12(16)10-5-3-4-6-11(10)14/h3-6,9,12,15-16H,2,7-8H2,1H3/t9-,12-/m1/s1. The highest BCUT2D eigenvalue weighted by atomic mass is 35.5. The van der Waals surface area contributed by atoms with E-state index in [2.05, 4.69) is 0 Å². The van der Waals surface area contributed by atoms with Gasteiger partial charge >= 0.3 is 5.97 Å². The summed E-state index contributed by atoms with van der Waals surface area (Å²) in [6.45, 7) is 1.97. The summed E-state index contributed by atoms with van der Waals surface area (Å²) in [6.07, 6.45) is -1.93. The van der Waals surface area contributed by atoms with E-state index in [-0.39, 0.29) is 19.4 Å². The predicted molar refractivity (Wildman–Crippen MR) is 68.3 cm³/mol. The van der Waals surface area contributed by atoms with Crippen molar-refractivity contribution in [3.8, 4) is 0 Å². The third kappa shape index (κ3) is 4.64. The average Bonchev–Trinajstić information content (AvgIpc) is 2.29. The first kappa shape index (κ1) is 15.0.